The first-order valence-corrected chi connectivity index (χ1v) is 17.8. The number of carbonyl (C=O) groups excluding carboxylic acids is 4. The average molecular weight is 678 g/mol. The molecule has 4 amide bonds. The molecule has 3 aliphatic rings. The summed E-state index contributed by atoms with van der Waals surface area (Å²) in [5.74, 6) is -1.04. The standard InChI is InChI=1S/C33H39N7O5S2/c1-5-17(2)25-32-37-22(16-47-32)27(41)34-18(3)31-36-23(15-46-31)28(42)35-21(14-20-10-7-6-8-11-20)33(44)40-13-9-12-24(40)30-39-26(19(4)45-30)29(43)38-25/h6-8,10-11,15-19,21,24-26H,5,9,12-14H2,1-4H3,(H,34,41)(H,35,42)(H,38,43)/t17-,18+,19+,21-,24-,25-,26-/m0/s1. The van der Waals surface area contributed by atoms with Gasteiger partial charge in [0.1, 0.15) is 39.6 Å². The van der Waals surface area contributed by atoms with Gasteiger partial charge in [-0.25, -0.2) is 15.0 Å². The Kier molecular flexibility index (Phi) is 9.69. The van der Waals surface area contributed by atoms with Gasteiger partial charge in [0.2, 0.25) is 17.7 Å². The van der Waals surface area contributed by atoms with Gasteiger partial charge in [0.05, 0.1) is 12.1 Å². The number of nitrogens with zero attached hydrogens (tertiary/aromatic N) is 4. The summed E-state index contributed by atoms with van der Waals surface area (Å²) in [6, 6.07) is 6.43. The second-order valence-electron chi connectivity index (χ2n) is 12.3. The predicted octanol–water partition coefficient (Wildman–Crippen LogP) is 3.83. The lowest BCUT2D eigenvalue weighted by molar-refractivity contribution is -0.133. The molecule has 5 heterocycles. The number of hydrogen-bond acceptors (Lipinski definition) is 10. The zero-order valence-corrected chi connectivity index (χ0v) is 28.4. The number of nitrogens with one attached hydrogen (secondary N) is 3. The fourth-order valence-electron chi connectivity index (χ4n) is 6.11. The highest BCUT2D eigenvalue weighted by atomic mass is 32.1. The zero-order valence-electron chi connectivity index (χ0n) is 26.8. The Morgan fingerprint density at radius 1 is 0.957 bits per heavy atom. The summed E-state index contributed by atoms with van der Waals surface area (Å²) in [4.78, 5) is 70.3. The van der Waals surface area contributed by atoms with E-state index in [1.54, 1.807) is 29.5 Å². The smallest absolute Gasteiger partial charge is 0.271 e. The van der Waals surface area contributed by atoms with E-state index in [1.807, 2.05) is 44.2 Å². The summed E-state index contributed by atoms with van der Waals surface area (Å²) in [6.45, 7) is 8.13. The lowest BCUT2D eigenvalue weighted by atomic mass is 9.99. The highest BCUT2D eigenvalue weighted by Crippen LogP contribution is 2.30. The normalized spacial score (nSPS) is 27.5. The van der Waals surface area contributed by atoms with E-state index in [-0.39, 0.29) is 41.4 Å². The maximum Gasteiger partial charge on any atom is 0.271 e. The number of rotatable bonds is 4. The Hall–Kier alpha value is -4.17. The van der Waals surface area contributed by atoms with Gasteiger partial charge >= 0.3 is 0 Å². The van der Waals surface area contributed by atoms with Gasteiger partial charge in [-0.3, -0.25) is 19.2 Å². The lowest BCUT2D eigenvalue weighted by Crippen LogP contribution is -2.52. The van der Waals surface area contributed by atoms with Crippen molar-refractivity contribution in [1.82, 2.24) is 30.8 Å². The van der Waals surface area contributed by atoms with Crippen molar-refractivity contribution in [2.45, 2.75) is 89.7 Å². The fourth-order valence-corrected chi connectivity index (χ4v) is 7.90. The minimum absolute atomic E-state index is 0.0332. The van der Waals surface area contributed by atoms with Crippen LogP contribution in [-0.2, 0) is 20.7 Å². The van der Waals surface area contributed by atoms with E-state index >= 15 is 0 Å². The number of amides is 4. The molecule has 14 heteroatoms. The van der Waals surface area contributed by atoms with Crippen molar-refractivity contribution >= 4 is 52.2 Å². The van der Waals surface area contributed by atoms with Crippen molar-refractivity contribution in [1.29, 1.82) is 0 Å². The fraction of sp³-hybridized carbons (Fsp3) is 0.485. The van der Waals surface area contributed by atoms with Gasteiger partial charge in [0.25, 0.3) is 11.8 Å². The average Bonchev–Trinajstić information content (AvgIpc) is 3.89. The molecule has 47 heavy (non-hydrogen) atoms. The third-order valence-corrected chi connectivity index (χ3v) is 11.0. The number of ether oxygens (including phenoxy) is 1. The zero-order chi connectivity index (χ0) is 33.2. The molecule has 0 aliphatic carbocycles. The summed E-state index contributed by atoms with van der Waals surface area (Å²) < 4.78 is 6.17. The first-order chi connectivity index (χ1) is 22.6. The van der Waals surface area contributed by atoms with Crippen molar-refractivity contribution < 1.29 is 23.9 Å². The number of thiazole rings is 2. The number of fused-ring (bicyclic) bond motifs is 7. The highest BCUT2D eigenvalue weighted by Gasteiger charge is 2.43. The molecule has 0 unspecified atom stereocenters. The van der Waals surface area contributed by atoms with Gasteiger partial charge in [-0.15, -0.1) is 22.7 Å². The number of hydrogen-bond donors (Lipinski definition) is 3. The molecule has 0 saturated carbocycles. The Morgan fingerprint density at radius 3 is 2.36 bits per heavy atom. The van der Waals surface area contributed by atoms with Crippen LogP contribution in [-0.4, -0.2) is 75.2 Å². The van der Waals surface area contributed by atoms with Crippen molar-refractivity contribution in [3.8, 4) is 0 Å². The van der Waals surface area contributed by atoms with E-state index in [1.165, 1.54) is 22.7 Å². The second-order valence-corrected chi connectivity index (χ2v) is 14.1. The van der Waals surface area contributed by atoms with Crippen LogP contribution >= 0.6 is 22.7 Å². The van der Waals surface area contributed by atoms with Crippen LogP contribution in [0.15, 0.2) is 46.1 Å². The van der Waals surface area contributed by atoms with E-state index in [4.69, 9.17) is 9.73 Å². The molecular formula is C33H39N7O5S2. The van der Waals surface area contributed by atoms with E-state index in [0.717, 1.165) is 18.4 Å². The SMILES string of the molecule is CC[C@H](C)[C@@H]1NC(=O)[C@H]2N=C(O[C@@H]2C)[C@@H]2CCCN2C(=O)[C@H](Cc2ccccc2)NC(=O)c2csc(n2)[C@@H](C)NC(=O)c2csc1n2. The predicted molar refractivity (Wildman–Crippen MR) is 178 cm³/mol. The van der Waals surface area contributed by atoms with Gasteiger partial charge in [-0.1, -0.05) is 50.6 Å². The maximum atomic E-state index is 14.2. The van der Waals surface area contributed by atoms with Crippen LogP contribution in [0.3, 0.4) is 0 Å². The van der Waals surface area contributed by atoms with Crippen molar-refractivity contribution in [3.63, 3.8) is 0 Å². The molecule has 0 spiro atoms. The van der Waals surface area contributed by atoms with E-state index in [9.17, 15) is 19.2 Å². The molecule has 12 nitrogen and oxygen atoms in total. The minimum atomic E-state index is -0.879. The molecule has 0 radical (unpaired) electrons. The number of aliphatic imine (C=N–C) groups is 1. The van der Waals surface area contributed by atoms with Crippen LogP contribution in [0.5, 0.6) is 0 Å². The van der Waals surface area contributed by atoms with E-state index in [2.05, 4.69) is 25.9 Å². The lowest BCUT2D eigenvalue weighted by Gasteiger charge is -2.29. The monoisotopic (exact) mass is 677 g/mol. The summed E-state index contributed by atoms with van der Waals surface area (Å²) in [5.41, 5.74) is 1.29. The third-order valence-electron chi connectivity index (χ3n) is 9.00. The Bertz CT molecular complexity index is 1670. The molecular weight excluding hydrogens is 639 g/mol. The van der Waals surface area contributed by atoms with Crippen LogP contribution < -0.4 is 16.0 Å². The number of benzene rings is 1. The third kappa shape index (κ3) is 6.93. The van der Waals surface area contributed by atoms with Crippen LogP contribution in [0.4, 0.5) is 0 Å². The Labute approximate surface area is 281 Å². The molecule has 1 aromatic carbocycles. The maximum absolute atomic E-state index is 14.2. The molecule has 2 aromatic heterocycles. The topological polar surface area (TPSA) is 155 Å². The molecule has 248 valence electrons. The summed E-state index contributed by atoms with van der Waals surface area (Å²) >= 11 is 2.57. The first kappa shape index (κ1) is 32.8. The minimum Gasteiger partial charge on any atom is -0.474 e. The molecule has 1 saturated heterocycles. The molecule has 6 rings (SSSR count). The number of aromatic nitrogens is 2. The molecule has 1 fully saturated rings. The van der Waals surface area contributed by atoms with Crippen LogP contribution in [0.2, 0.25) is 0 Å². The molecule has 3 aliphatic heterocycles. The molecule has 6 bridgehead atoms. The van der Waals surface area contributed by atoms with Crippen molar-refractivity contribution in [2.24, 2.45) is 10.9 Å². The molecule has 3 aromatic rings. The van der Waals surface area contributed by atoms with Crippen LogP contribution in [0, 0.1) is 5.92 Å². The quantitative estimate of drug-likeness (QED) is 0.379. The van der Waals surface area contributed by atoms with Crippen molar-refractivity contribution in [3.05, 3.63) is 68.1 Å². The van der Waals surface area contributed by atoms with Gasteiger partial charge < -0.3 is 25.6 Å². The Balaban J connectivity index is 1.37. The van der Waals surface area contributed by atoms with Gasteiger partial charge in [0, 0.05) is 23.7 Å². The van der Waals surface area contributed by atoms with Crippen LogP contribution in [0.1, 0.15) is 95.6 Å². The van der Waals surface area contributed by atoms with Gasteiger partial charge in [0.15, 0.2) is 6.04 Å². The highest BCUT2D eigenvalue weighted by molar-refractivity contribution is 7.10. The summed E-state index contributed by atoms with van der Waals surface area (Å²) in [5, 5.41) is 13.5. The van der Waals surface area contributed by atoms with E-state index in [0.29, 0.717) is 28.9 Å². The Morgan fingerprint density at radius 2 is 1.64 bits per heavy atom. The largest absolute Gasteiger partial charge is 0.474 e. The van der Waals surface area contributed by atoms with Crippen LogP contribution in [0.25, 0.3) is 0 Å². The van der Waals surface area contributed by atoms with Crippen molar-refractivity contribution in [2.75, 3.05) is 6.54 Å². The second kappa shape index (κ2) is 13.9. The summed E-state index contributed by atoms with van der Waals surface area (Å²) in [6.07, 6.45) is 1.87. The molecule has 3 N–H and O–H groups in total. The van der Waals surface area contributed by atoms with Gasteiger partial charge in [-0.2, -0.15) is 0 Å². The number of carbonyl (C=O) groups is 4. The van der Waals surface area contributed by atoms with E-state index < -0.39 is 42.2 Å². The van der Waals surface area contributed by atoms with Gasteiger partial charge in [-0.05, 0) is 38.2 Å². The first-order valence-electron chi connectivity index (χ1n) is 16.0. The summed E-state index contributed by atoms with van der Waals surface area (Å²) in [7, 11) is 0. The molecule has 7 atom stereocenters.